The van der Waals surface area contributed by atoms with Gasteiger partial charge in [0.15, 0.2) is 5.78 Å². The fraction of sp³-hybridized carbons (Fsp3) is 0.750. The molecule has 0 rings (SSSR count). The van der Waals surface area contributed by atoms with Crippen molar-refractivity contribution in [3.8, 4) is 0 Å². The van der Waals surface area contributed by atoms with Crippen LogP contribution in [0, 0.1) is 0 Å². The summed E-state index contributed by atoms with van der Waals surface area (Å²) in [6.45, 7) is 4.52. The first-order valence-electron chi connectivity index (χ1n) is 4.24. The number of carbonyl (C=O) groups excluding carboxylic acids is 2. The number of nitrogens with one attached hydrogen (secondary N) is 1. The maximum absolute atomic E-state index is 11.7. The van der Waals surface area contributed by atoms with Gasteiger partial charge in [-0.25, -0.2) is 4.79 Å². The summed E-state index contributed by atoms with van der Waals surface area (Å²) in [5.74, 6) is -2.01. The number of esters is 1. The van der Waals surface area contributed by atoms with Crippen molar-refractivity contribution in [2.75, 3.05) is 20.4 Å². The number of rotatable bonds is 4. The Morgan fingerprint density at radius 1 is 1.43 bits per heavy atom. The number of hydrogen-bond acceptors (Lipinski definition) is 4. The van der Waals surface area contributed by atoms with Crippen LogP contribution in [0.1, 0.15) is 13.3 Å². The van der Waals surface area contributed by atoms with E-state index >= 15 is 0 Å². The second-order valence-corrected chi connectivity index (χ2v) is 6.67. The average Bonchev–Trinajstić information content (AvgIpc) is 2.10. The summed E-state index contributed by atoms with van der Waals surface area (Å²) in [5.41, 5.74) is 0. The van der Waals surface area contributed by atoms with Gasteiger partial charge in [0.2, 0.25) is 5.91 Å². The first-order valence-corrected chi connectivity index (χ1v) is 6.91. The van der Waals surface area contributed by atoms with Crippen molar-refractivity contribution in [2.24, 2.45) is 0 Å². The number of hydrogen-bond donors (Lipinski definition) is 1. The Bertz CT molecular complexity index is 271. The summed E-state index contributed by atoms with van der Waals surface area (Å²) in [7, 11) is -1.52. The SMILES string of the molecule is CCC(=O)NC(C(=O)OC)P(C)(C)=O. The van der Waals surface area contributed by atoms with Crippen LogP contribution in [-0.4, -0.2) is 38.1 Å². The summed E-state index contributed by atoms with van der Waals surface area (Å²) >= 11 is 0. The smallest absolute Gasteiger partial charge is 0.336 e. The van der Waals surface area contributed by atoms with Crippen molar-refractivity contribution in [3.63, 3.8) is 0 Å². The molecule has 0 saturated heterocycles. The topological polar surface area (TPSA) is 72.5 Å². The Hall–Kier alpha value is -0.830. The van der Waals surface area contributed by atoms with Crippen LogP contribution in [0.15, 0.2) is 0 Å². The molecule has 0 spiro atoms. The molecule has 0 aliphatic carbocycles. The van der Waals surface area contributed by atoms with E-state index in [0.717, 1.165) is 0 Å². The Kier molecular flexibility index (Phi) is 4.85. The van der Waals surface area contributed by atoms with Gasteiger partial charge >= 0.3 is 5.97 Å². The zero-order valence-corrected chi connectivity index (χ0v) is 9.76. The predicted octanol–water partition coefficient (Wildman–Crippen LogP) is 0.634. The standard InChI is InChI=1S/C8H16NO4P/c1-5-6(10)9-7(8(11)13-2)14(3,4)12/h7H,5H2,1-4H3,(H,9,10). The molecule has 0 saturated carbocycles. The van der Waals surface area contributed by atoms with Crippen molar-refractivity contribution in [1.29, 1.82) is 0 Å². The molecule has 6 heteroatoms. The zero-order valence-electron chi connectivity index (χ0n) is 8.86. The third-order valence-corrected chi connectivity index (χ3v) is 3.25. The molecule has 0 heterocycles. The lowest BCUT2D eigenvalue weighted by atomic mass is 10.4. The lowest BCUT2D eigenvalue weighted by Gasteiger charge is -2.19. The average molecular weight is 221 g/mol. The Morgan fingerprint density at radius 3 is 2.21 bits per heavy atom. The van der Waals surface area contributed by atoms with Gasteiger partial charge in [-0.15, -0.1) is 0 Å². The third kappa shape index (κ3) is 3.92. The molecule has 1 amide bonds. The highest BCUT2D eigenvalue weighted by atomic mass is 31.2. The summed E-state index contributed by atoms with van der Waals surface area (Å²) < 4.78 is 16.1. The fourth-order valence-corrected chi connectivity index (χ4v) is 1.90. The summed E-state index contributed by atoms with van der Waals surface area (Å²) in [5, 5.41) is 2.38. The van der Waals surface area contributed by atoms with E-state index < -0.39 is 18.9 Å². The quantitative estimate of drug-likeness (QED) is 0.558. The predicted molar refractivity (Wildman–Crippen MR) is 53.7 cm³/mol. The van der Waals surface area contributed by atoms with E-state index in [1.807, 2.05) is 0 Å². The molecule has 1 unspecified atom stereocenters. The summed E-state index contributed by atoms with van der Waals surface area (Å²) in [4.78, 5) is 22.3. The lowest BCUT2D eigenvalue weighted by Crippen LogP contribution is -2.40. The summed E-state index contributed by atoms with van der Waals surface area (Å²) in [6, 6.07) is 0. The molecule has 1 N–H and O–H groups in total. The van der Waals surface area contributed by atoms with E-state index in [4.69, 9.17) is 0 Å². The number of methoxy groups -OCH3 is 1. The monoisotopic (exact) mass is 221 g/mol. The van der Waals surface area contributed by atoms with Crippen LogP contribution in [0.3, 0.4) is 0 Å². The maximum atomic E-state index is 11.7. The number of carbonyl (C=O) groups is 2. The van der Waals surface area contributed by atoms with Gasteiger partial charge in [-0.2, -0.15) is 0 Å². The molecular formula is C8H16NO4P. The molecule has 0 radical (unpaired) electrons. The van der Waals surface area contributed by atoms with Gasteiger partial charge in [0.1, 0.15) is 7.14 Å². The molecule has 0 aromatic rings. The molecule has 0 aliphatic rings. The molecule has 0 aromatic carbocycles. The van der Waals surface area contributed by atoms with Crippen molar-refractivity contribution in [2.45, 2.75) is 19.1 Å². The Labute approximate surface area is 83.6 Å². The Balaban J connectivity index is 4.67. The van der Waals surface area contributed by atoms with Gasteiger partial charge < -0.3 is 14.6 Å². The van der Waals surface area contributed by atoms with E-state index in [9.17, 15) is 14.2 Å². The highest BCUT2D eigenvalue weighted by molar-refractivity contribution is 7.64. The van der Waals surface area contributed by atoms with Crippen LogP contribution in [0.5, 0.6) is 0 Å². The van der Waals surface area contributed by atoms with Crippen LogP contribution in [0.25, 0.3) is 0 Å². The minimum atomic E-state index is -2.72. The molecular weight excluding hydrogens is 205 g/mol. The molecule has 0 aromatic heterocycles. The second kappa shape index (κ2) is 5.15. The summed E-state index contributed by atoms with van der Waals surface area (Å²) in [6.07, 6.45) is 0.244. The van der Waals surface area contributed by atoms with Gasteiger partial charge in [-0.05, 0) is 13.3 Å². The molecule has 0 fully saturated rings. The van der Waals surface area contributed by atoms with Crippen LogP contribution in [-0.2, 0) is 18.9 Å². The van der Waals surface area contributed by atoms with Gasteiger partial charge in [-0.1, -0.05) is 6.92 Å². The van der Waals surface area contributed by atoms with Crippen LogP contribution in [0.4, 0.5) is 0 Å². The van der Waals surface area contributed by atoms with Crippen LogP contribution >= 0.6 is 7.14 Å². The van der Waals surface area contributed by atoms with Crippen molar-refractivity contribution in [1.82, 2.24) is 5.32 Å². The van der Waals surface area contributed by atoms with E-state index in [1.54, 1.807) is 6.92 Å². The first kappa shape index (κ1) is 13.2. The lowest BCUT2D eigenvalue weighted by molar-refractivity contribution is -0.142. The van der Waals surface area contributed by atoms with Crippen molar-refractivity contribution >= 4 is 19.0 Å². The van der Waals surface area contributed by atoms with Crippen molar-refractivity contribution < 1.29 is 18.9 Å². The van der Waals surface area contributed by atoms with Gasteiger partial charge in [-0.3, -0.25) is 4.79 Å². The minimum Gasteiger partial charge on any atom is -0.467 e. The normalized spacial score (nSPS) is 13.1. The molecule has 14 heavy (non-hydrogen) atoms. The molecule has 5 nitrogen and oxygen atoms in total. The fourth-order valence-electron chi connectivity index (χ4n) is 0.834. The van der Waals surface area contributed by atoms with E-state index in [1.165, 1.54) is 20.4 Å². The third-order valence-electron chi connectivity index (χ3n) is 1.67. The largest absolute Gasteiger partial charge is 0.467 e. The van der Waals surface area contributed by atoms with E-state index in [0.29, 0.717) is 0 Å². The van der Waals surface area contributed by atoms with E-state index in [2.05, 4.69) is 10.1 Å². The molecule has 82 valence electrons. The van der Waals surface area contributed by atoms with Gasteiger partial charge in [0.25, 0.3) is 0 Å². The zero-order chi connectivity index (χ0) is 11.4. The molecule has 0 bridgehead atoms. The molecule has 0 aliphatic heterocycles. The van der Waals surface area contributed by atoms with E-state index in [-0.39, 0.29) is 12.3 Å². The molecule has 1 atom stereocenters. The first-order chi connectivity index (χ1) is 6.32. The minimum absolute atomic E-state index is 0.244. The van der Waals surface area contributed by atoms with Crippen LogP contribution < -0.4 is 5.32 Å². The van der Waals surface area contributed by atoms with Crippen molar-refractivity contribution in [3.05, 3.63) is 0 Å². The number of ether oxygens (including phenoxy) is 1. The highest BCUT2D eigenvalue weighted by Gasteiger charge is 2.32. The maximum Gasteiger partial charge on any atom is 0.336 e. The van der Waals surface area contributed by atoms with Gasteiger partial charge in [0, 0.05) is 6.42 Å². The van der Waals surface area contributed by atoms with Gasteiger partial charge in [0.05, 0.1) is 7.11 Å². The Morgan fingerprint density at radius 2 is 1.93 bits per heavy atom. The number of amides is 1. The van der Waals surface area contributed by atoms with Crippen LogP contribution in [0.2, 0.25) is 0 Å². The highest BCUT2D eigenvalue weighted by Crippen LogP contribution is 2.41. The second-order valence-electron chi connectivity index (χ2n) is 3.28.